The summed E-state index contributed by atoms with van der Waals surface area (Å²) in [6.07, 6.45) is 2.55. The van der Waals surface area contributed by atoms with Gasteiger partial charge in [0.25, 0.3) is 11.7 Å². The van der Waals surface area contributed by atoms with E-state index in [1.54, 1.807) is 42.5 Å². The quantitative estimate of drug-likeness (QED) is 0.186. The molecule has 3 N–H and O–H groups in total. The minimum absolute atomic E-state index is 0.167. The summed E-state index contributed by atoms with van der Waals surface area (Å²) >= 11 is 6.34. The monoisotopic (exact) mass is 522 g/mol. The van der Waals surface area contributed by atoms with Crippen LogP contribution in [0.4, 0.5) is 28.8 Å². The van der Waals surface area contributed by atoms with Crippen LogP contribution in [0.15, 0.2) is 61.3 Å². The summed E-state index contributed by atoms with van der Waals surface area (Å²) in [5, 5.41) is 8.95. The molecule has 0 aliphatic heterocycles. The number of likely N-dealkylation sites (N-methyl/N-ethyl adjacent to an activating group) is 1. The normalized spacial score (nSPS) is 10.3. The molecule has 11 heteroatoms. The zero-order valence-electron chi connectivity index (χ0n) is 20.7. The van der Waals surface area contributed by atoms with Crippen LogP contribution in [0, 0.1) is 0 Å². The highest BCUT2D eigenvalue weighted by atomic mass is 35.5. The van der Waals surface area contributed by atoms with Gasteiger partial charge in [0.1, 0.15) is 10.8 Å². The third-order valence-corrected chi connectivity index (χ3v) is 5.59. The van der Waals surface area contributed by atoms with Crippen molar-refractivity contribution < 1.29 is 19.1 Å². The summed E-state index contributed by atoms with van der Waals surface area (Å²) in [5.41, 5.74) is 1.55. The maximum Gasteiger partial charge on any atom is 0.295 e. The van der Waals surface area contributed by atoms with E-state index in [4.69, 9.17) is 16.3 Å². The summed E-state index contributed by atoms with van der Waals surface area (Å²) < 4.78 is 5.39. The van der Waals surface area contributed by atoms with Crippen LogP contribution < -0.4 is 20.7 Å². The van der Waals surface area contributed by atoms with Gasteiger partial charge in [0, 0.05) is 18.8 Å². The first kappa shape index (κ1) is 27.2. The summed E-state index contributed by atoms with van der Waals surface area (Å²) in [5.74, 6) is -0.733. The van der Waals surface area contributed by atoms with Gasteiger partial charge < -0.3 is 25.6 Å². The number of anilines is 5. The highest BCUT2D eigenvalue weighted by molar-refractivity contribution is 6.44. The van der Waals surface area contributed by atoms with E-state index in [2.05, 4.69) is 32.5 Å². The predicted molar refractivity (Wildman–Crippen MR) is 144 cm³/mol. The minimum Gasteiger partial charge on any atom is -0.495 e. The molecule has 0 aliphatic carbocycles. The molecule has 0 aliphatic rings. The van der Waals surface area contributed by atoms with Gasteiger partial charge in [-0.1, -0.05) is 30.3 Å². The van der Waals surface area contributed by atoms with E-state index < -0.39 is 11.7 Å². The fraction of sp³-hybridized carbons (Fsp3) is 0.192. The molecular weight excluding hydrogens is 496 g/mol. The van der Waals surface area contributed by atoms with Crippen molar-refractivity contribution >= 4 is 58.0 Å². The number of nitrogens with one attached hydrogen (secondary N) is 3. The number of nitrogens with zero attached hydrogens (tertiary/aromatic N) is 3. The number of halogens is 1. The van der Waals surface area contributed by atoms with Crippen molar-refractivity contribution in [3.63, 3.8) is 0 Å². The largest absolute Gasteiger partial charge is 0.495 e. The molecule has 2 aromatic carbocycles. The number of hydrogen-bond donors (Lipinski definition) is 3. The number of carbonyl (C=O) groups is 3. The number of amides is 2. The number of hydrogen-bond acceptors (Lipinski definition) is 8. The molecule has 0 saturated heterocycles. The van der Waals surface area contributed by atoms with Crippen molar-refractivity contribution in [1.82, 2.24) is 14.9 Å². The van der Waals surface area contributed by atoms with Crippen LogP contribution in [-0.4, -0.2) is 52.7 Å². The van der Waals surface area contributed by atoms with Gasteiger partial charge >= 0.3 is 0 Å². The first-order chi connectivity index (χ1) is 17.8. The van der Waals surface area contributed by atoms with E-state index in [1.807, 2.05) is 13.8 Å². The Morgan fingerprint density at radius 2 is 1.81 bits per heavy atom. The SMILES string of the molecule is C=CC(=O)Nc1ccc(OC)c(Nc2ncc(Cl)c(Nc3ccccc3C(=O)C(=O)N(CC)CC)n2)c1. The van der Waals surface area contributed by atoms with Gasteiger partial charge in [-0.05, 0) is 50.3 Å². The van der Waals surface area contributed by atoms with Crippen molar-refractivity contribution in [2.75, 3.05) is 36.1 Å². The van der Waals surface area contributed by atoms with Gasteiger partial charge in [0.15, 0.2) is 5.82 Å². The molecule has 1 heterocycles. The zero-order valence-corrected chi connectivity index (χ0v) is 21.4. The maximum absolute atomic E-state index is 12.9. The van der Waals surface area contributed by atoms with E-state index >= 15 is 0 Å². The third-order valence-electron chi connectivity index (χ3n) is 5.31. The number of Topliss-reactive ketones (excluding diaryl/α,β-unsaturated/α-hetero) is 1. The highest BCUT2D eigenvalue weighted by Crippen LogP contribution is 2.32. The summed E-state index contributed by atoms with van der Waals surface area (Å²) in [6.45, 7) is 7.91. The predicted octanol–water partition coefficient (Wildman–Crippen LogP) is 4.80. The fourth-order valence-electron chi connectivity index (χ4n) is 3.40. The van der Waals surface area contributed by atoms with Gasteiger partial charge in [-0.15, -0.1) is 0 Å². The Morgan fingerprint density at radius 3 is 2.49 bits per heavy atom. The molecule has 1 aromatic heterocycles. The molecule has 2 amide bonds. The van der Waals surface area contributed by atoms with Crippen molar-refractivity contribution in [3.05, 3.63) is 71.9 Å². The molecule has 0 spiro atoms. The first-order valence-electron chi connectivity index (χ1n) is 11.4. The summed E-state index contributed by atoms with van der Waals surface area (Å²) in [6, 6.07) is 11.6. The smallest absolute Gasteiger partial charge is 0.295 e. The fourth-order valence-corrected chi connectivity index (χ4v) is 3.54. The molecule has 0 radical (unpaired) electrons. The van der Waals surface area contributed by atoms with Crippen molar-refractivity contribution in [2.45, 2.75) is 13.8 Å². The second-order valence-corrected chi connectivity index (χ2v) is 8.01. The lowest BCUT2D eigenvalue weighted by molar-refractivity contribution is -0.126. The van der Waals surface area contributed by atoms with Gasteiger partial charge in [0.2, 0.25) is 11.9 Å². The second kappa shape index (κ2) is 12.5. The number of methoxy groups -OCH3 is 1. The molecule has 3 rings (SSSR count). The zero-order chi connectivity index (χ0) is 26.9. The van der Waals surface area contributed by atoms with E-state index in [1.165, 1.54) is 18.2 Å². The molecule has 192 valence electrons. The third kappa shape index (κ3) is 6.62. The molecule has 0 fully saturated rings. The molecule has 0 unspecified atom stereocenters. The summed E-state index contributed by atoms with van der Waals surface area (Å²) in [7, 11) is 1.51. The molecule has 0 bridgehead atoms. The second-order valence-electron chi connectivity index (χ2n) is 7.60. The van der Waals surface area contributed by atoms with Gasteiger partial charge in [-0.25, -0.2) is 4.98 Å². The van der Waals surface area contributed by atoms with E-state index in [0.717, 1.165) is 6.08 Å². The molecule has 3 aromatic rings. The molecular formula is C26H27ClN6O4. The Hall–Kier alpha value is -4.44. The van der Waals surface area contributed by atoms with Crippen molar-refractivity contribution in [3.8, 4) is 5.75 Å². The van der Waals surface area contributed by atoms with Crippen LogP contribution in [0.1, 0.15) is 24.2 Å². The van der Waals surface area contributed by atoms with Gasteiger partial charge in [-0.3, -0.25) is 14.4 Å². The van der Waals surface area contributed by atoms with E-state index in [-0.39, 0.29) is 28.3 Å². The number of ether oxygens (including phenoxy) is 1. The lowest BCUT2D eigenvalue weighted by Gasteiger charge is -2.19. The highest BCUT2D eigenvalue weighted by Gasteiger charge is 2.24. The molecule has 37 heavy (non-hydrogen) atoms. The average Bonchev–Trinajstić information content (AvgIpc) is 2.91. The van der Waals surface area contributed by atoms with Crippen LogP contribution in [-0.2, 0) is 9.59 Å². The average molecular weight is 523 g/mol. The lowest BCUT2D eigenvalue weighted by atomic mass is 10.1. The lowest BCUT2D eigenvalue weighted by Crippen LogP contribution is -2.36. The van der Waals surface area contributed by atoms with Gasteiger partial charge in [-0.2, -0.15) is 4.98 Å². The number of para-hydroxylation sites is 1. The van der Waals surface area contributed by atoms with E-state index in [0.29, 0.717) is 35.9 Å². The number of benzene rings is 2. The van der Waals surface area contributed by atoms with Gasteiger partial charge in [0.05, 0.1) is 30.2 Å². The number of aromatic nitrogens is 2. The van der Waals surface area contributed by atoms with E-state index in [9.17, 15) is 14.4 Å². The van der Waals surface area contributed by atoms with Crippen LogP contribution in [0.5, 0.6) is 5.75 Å². The number of ketones is 1. The van der Waals surface area contributed by atoms with Crippen LogP contribution in [0.3, 0.4) is 0 Å². The molecule has 0 atom stereocenters. The minimum atomic E-state index is -0.640. The maximum atomic E-state index is 12.9. The van der Waals surface area contributed by atoms with Crippen molar-refractivity contribution in [2.24, 2.45) is 0 Å². The first-order valence-corrected chi connectivity index (χ1v) is 11.8. The molecule has 0 saturated carbocycles. The van der Waals surface area contributed by atoms with Crippen LogP contribution >= 0.6 is 11.6 Å². The van der Waals surface area contributed by atoms with Crippen LogP contribution in [0.25, 0.3) is 0 Å². The molecule has 10 nitrogen and oxygen atoms in total. The summed E-state index contributed by atoms with van der Waals surface area (Å²) in [4.78, 5) is 47.4. The Labute approximate surface area is 219 Å². The Bertz CT molecular complexity index is 1330. The Kier molecular flexibility index (Phi) is 9.17. The number of carbonyl (C=O) groups excluding carboxylic acids is 3. The van der Waals surface area contributed by atoms with Crippen molar-refractivity contribution in [1.29, 1.82) is 0 Å². The Balaban J connectivity index is 1.90. The van der Waals surface area contributed by atoms with Crippen LogP contribution in [0.2, 0.25) is 5.02 Å². The topological polar surface area (TPSA) is 126 Å². The number of rotatable bonds is 11. The Morgan fingerprint density at radius 1 is 1.08 bits per heavy atom. The standard InChI is InChI=1S/C26H27ClN6O4/c1-5-22(34)29-16-12-13-21(37-4)20(14-16)31-26-28-15-18(27)24(32-26)30-19-11-9-8-10-17(19)23(35)25(36)33(6-2)7-3/h5,8-15H,1,6-7H2,2-4H3,(H,29,34)(H2,28,30,31,32).